The van der Waals surface area contributed by atoms with Crippen molar-refractivity contribution >= 4 is 0 Å². The third kappa shape index (κ3) is 7.59. The predicted molar refractivity (Wildman–Crippen MR) is 57.0 cm³/mol. The first-order chi connectivity index (χ1) is 5.66. The fourth-order valence-electron chi connectivity index (χ4n) is 0.962. The molecule has 0 aliphatic heterocycles. The van der Waals surface area contributed by atoms with Crippen LogP contribution in [0.5, 0.6) is 0 Å². The molecule has 69 valence electrons. The first kappa shape index (κ1) is 11.5. The van der Waals surface area contributed by atoms with Crippen molar-refractivity contribution in [1.82, 2.24) is 0 Å². The number of hydrogen-bond acceptors (Lipinski definition) is 0. The Bertz CT molecular complexity index is 149. The lowest BCUT2D eigenvalue weighted by atomic mass is 10.1. The summed E-state index contributed by atoms with van der Waals surface area (Å²) in [6, 6.07) is 0. The lowest BCUT2D eigenvalue weighted by Gasteiger charge is -1.97. The average molecular weight is 165 g/mol. The second-order valence-corrected chi connectivity index (χ2v) is 3.51. The summed E-state index contributed by atoms with van der Waals surface area (Å²) in [5, 5.41) is 0. The summed E-state index contributed by atoms with van der Waals surface area (Å²) in [5.74, 6) is 1.39. The van der Waals surface area contributed by atoms with Crippen molar-refractivity contribution < 1.29 is 0 Å². The van der Waals surface area contributed by atoms with Gasteiger partial charge in [-0.3, -0.25) is 0 Å². The van der Waals surface area contributed by atoms with Crippen molar-refractivity contribution in [2.24, 2.45) is 0 Å². The lowest BCUT2D eigenvalue weighted by Crippen LogP contribution is -1.78. The molecule has 0 aliphatic carbocycles. The zero-order valence-electron chi connectivity index (χ0n) is 8.85. The van der Waals surface area contributed by atoms with Gasteiger partial charge in [-0.15, -0.1) is 0 Å². The summed E-state index contributed by atoms with van der Waals surface area (Å²) in [5.41, 5.74) is 1.50. The SMILES string of the molecule is CC=C(C)CCCC=C[C](C)C. The Kier molecular flexibility index (Phi) is 6.84. The van der Waals surface area contributed by atoms with Crippen LogP contribution in [0.25, 0.3) is 0 Å². The molecule has 12 heavy (non-hydrogen) atoms. The van der Waals surface area contributed by atoms with Gasteiger partial charge in [0.2, 0.25) is 0 Å². The summed E-state index contributed by atoms with van der Waals surface area (Å²) >= 11 is 0. The third-order valence-corrected chi connectivity index (χ3v) is 1.89. The molecule has 0 saturated heterocycles. The summed E-state index contributed by atoms with van der Waals surface area (Å²) in [6.07, 6.45) is 10.4. The highest BCUT2D eigenvalue weighted by Crippen LogP contribution is 2.07. The molecule has 0 fully saturated rings. The molecule has 0 bridgehead atoms. The number of unbranched alkanes of at least 4 members (excludes halogenated alkanes) is 1. The van der Waals surface area contributed by atoms with E-state index in [1.54, 1.807) is 0 Å². The van der Waals surface area contributed by atoms with Crippen LogP contribution < -0.4 is 0 Å². The molecule has 0 rings (SSSR count). The first-order valence-electron chi connectivity index (χ1n) is 4.75. The van der Waals surface area contributed by atoms with Gasteiger partial charge in [-0.25, -0.2) is 0 Å². The molecule has 0 spiro atoms. The molecule has 0 nitrogen and oxygen atoms in total. The van der Waals surface area contributed by atoms with Gasteiger partial charge < -0.3 is 0 Å². The molecule has 1 radical (unpaired) electrons. The van der Waals surface area contributed by atoms with Gasteiger partial charge in [-0.05, 0) is 39.0 Å². The molecule has 0 aromatic heterocycles. The minimum atomic E-state index is 1.20. The normalized spacial score (nSPS) is 13.2. The largest absolute Gasteiger partial charge is 0.0887 e. The molecular formula is C12H21. The smallest absolute Gasteiger partial charge is 0.00892 e. The van der Waals surface area contributed by atoms with Crippen LogP contribution >= 0.6 is 0 Å². The maximum Gasteiger partial charge on any atom is -0.00892 e. The molecule has 0 heteroatoms. The topological polar surface area (TPSA) is 0 Å². The van der Waals surface area contributed by atoms with Crippen molar-refractivity contribution in [2.45, 2.75) is 47.0 Å². The Morgan fingerprint density at radius 3 is 2.33 bits per heavy atom. The van der Waals surface area contributed by atoms with Gasteiger partial charge in [-0.2, -0.15) is 0 Å². The third-order valence-electron chi connectivity index (χ3n) is 1.89. The summed E-state index contributed by atoms with van der Waals surface area (Å²) in [4.78, 5) is 0. The van der Waals surface area contributed by atoms with Crippen LogP contribution in [-0.4, -0.2) is 0 Å². The molecule has 0 aliphatic rings. The van der Waals surface area contributed by atoms with Crippen LogP contribution in [0.3, 0.4) is 0 Å². The van der Waals surface area contributed by atoms with Gasteiger partial charge in [0, 0.05) is 0 Å². The van der Waals surface area contributed by atoms with E-state index in [0.717, 1.165) is 0 Å². The summed E-state index contributed by atoms with van der Waals surface area (Å²) in [7, 11) is 0. The van der Waals surface area contributed by atoms with Crippen molar-refractivity contribution in [1.29, 1.82) is 0 Å². The second-order valence-electron chi connectivity index (χ2n) is 3.51. The van der Waals surface area contributed by atoms with E-state index in [9.17, 15) is 0 Å². The molecule has 0 amide bonds. The quantitative estimate of drug-likeness (QED) is 0.421. The van der Waals surface area contributed by atoms with E-state index in [-0.39, 0.29) is 0 Å². The number of hydrogen-bond donors (Lipinski definition) is 0. The Labute approximate surface area is 77.4 Å². The minimum Gasteiger partial charge on any atom is -0.0887 e. The van der Waals surface area contributed by atoms with Crippen molar-refractivity contribution in [2.75, 3.05) is 0 Å². The summed E-state index contributed by atoms with van der Waals surface area (Å²) < 4.78 is 0. The minimum absolute atomic E-state index is 1.20. The van der Waals surface area contributed by atoms with Crippen LogP contribution in [0.15, 0.2) is 23.8 Å². The van der Waals surface area contributed by atoms with Gasteiger partial charge >= 0.3 is 0 Å². The Morgan fingerprint density at radius 2 is 1.83 bits per heavy atom. The van der Waals surface area contributed by atoms with Crippen LogP contribution in [0.2, 0.25) is 0 Å². The highest BCUT2D eigenvalue weighted by Gasteiger charge is 1.88. The fourth-order valence-corrected chi connectivity index (χ4v) is 0.962. The van der Waals surface area contributed by atoms with E-state index in [1.807, 2.05) is 0 Å². The van der Waals surface area contributed by atoms with E-state index in [1.165, 1.54) is 30.8 Å². The van der Waals surface area contributed by atoms with Gasteiger partial charge in [0.15, 0.2) is 0 Å². The van der Waals surface area contributed by atoms with Gasteiger partial charge in [0.25, 0.3) is 0 Å². The molecule has 0 unspecified atom stereocenters. The first-order valence-corrected chi connectivity index (χ1v) is 4.75. The van der Waals surface area contributed by atoms with Gasteiger partial charge in [-0.1, -0.05) is 37.6 Å². The zero-order chi connectivity index (χ0) is 9.40. The maximum atomic E-state index is 2.26. The second kappa shape index (κ2) is 7.15. The van der Waals surface area contributed by atoms with Crippen molar-refractivity contribution in [3.05, 3.63) is 29.7 Å². The predicted octanol–water partition coefficient (Wildman–Crippen LogP) is 4.29. The monoisotopic (exact) mass is 165 g/mol. The van der Waals surface area contributed by atoms with Gasteiger partial charge in [0.05, 0.1) is 0 Å². The van der Waals surface area contributed by atoms with E-state index >= 15 is 0 Å². The number of allylic oxidation sites excluding steroid dienone is 4. The highest BCUT2D eigenvalue weighted by atomic mass is 13.9. The molecule has 0 saturated carbocycles. The average Bonchev–Trinajstić information content (AvgIpc) is 2.03. The van der Waals surface area contributed by atoms with E-state index in [0.29, 0.717) is 0 Å². The Morgan fingerprint density at radius 1 is 1.17 bits per heavy atom. The Hall–Kier alpha value is -0.520. The van der Waals surface area contributed by atoms with Crippen molar-refractivity contribution in [3.63, 3.8) is 0 Å². The molecule has 0 heterocycles. The van der Waals surface area contributed by atoms with Crippen LogP contribution in [0, 0.1) is 5.92 Å². The molecule has 0 aromatic carbocycles. The van der Waals surface area contributed by atoms with E-state index < -0.39 is 0 Å². The molecule has 0 N–H and O–H groups in total. The van der Waals surface area contributed by atoms with Crippen LogP contribution in [0.1, 0.15) is 47.0 Å². The lowest BCUT2D eigenvalue weighted by molar-refractivity contribution is 0.829. The molecular weight excluding hydrogens is 144 g/mol. The highest BCUT2D eigenvalue weighted by molar-refractivity contribution is 5.03. The standard InChI is InChI=1S/C12H21/c1-5-12(4)10-8-6-7-9-11(2)3/h5,7,9H,6,8,10H2,1-4H3. The van der Waals surface area contributed by atoms with Crippen LogP contribution in [-0.2, 0) is 0 Å². The van der Waals surface area contributed by atoms with E-state index in [4.69, 9.17) is 0 Å². The zero-order valence-corrected chi connectivity index (χ0v) is 8.85. The maximum absolute atomic E-state index is 2.26. The van der Waals surface area contributed by atoms with E-state index in [2.05, 4.69) is 45.9 Å². The fraction of sp³-hybridized carbons (Fsp3) is 0.583. The Balaban J connectivity index is 3.33. The molecule has 0 aromatic rings. The molecule has 0 atom stereocenters. The number of rotatable bonds is 5. The summed E-state index contributed by atoms with van der Waals surface area (Å²) in [6.45, 7) is 8.57. The van der Waals surface area contributed by atoms with Gasteiger partial charge in [0.1, 0.15) is 0 Å². The van der Waals surface area contributed by atoms with Crippen LogP contribution in [0.4, 0.5) is 0 Å². The van der Waals surface area contributed by atoms with Crippen molar-refractivity contribution in [3.8, 4) is 0 Å².